The zero-order valence-electron chi connectivity index (χ0n) is 11.2. The minimum Gasteiger partial charge on any atom is -0.361 e. The van der Waals surface area contributed by atoms with E-state index in [1.54, 1.807) is 0 Å². The zero-order valence-corrected chi connectivity index (χ0v) is 12.9. The summed E-state index contributed by atoms with van der Waals surface area (Å²) in [5.41, 5.74) is 7.91. The van der Waals surface area contributed by atoms with Crippen molar-refractivity contribution in [3.8, 4) is 0 Å². The van der Waals surface area contributed by atoms with Gasteiger partial charge in [-0.1, -0.05) is 26.0 Å². The minimum absolute atomic E-state index is 0.480. The number of thiocarbonyl (C=S) groups is 2. The number of hydrazine groups is 1. The molecule has 0 radical (unpaired) electrons. The standard InChI is InChI=1S/C13H20N4S2/c1-3-8-14-12(18)16-17-13(19)15-11-7-5-6-10(4-2)9-11/h5-7,9H,3-4,8H2,1-2H3,(H2,14,16,18)(H2,15,17,19). The Kier molecular flexibility index (Phi) is 7.14. The zero-order chi connectivity index (χ0) is 14.1. The Labute approximate surface area is 125 Å². The first-order valence-electron chi connectivity index (χ1n) is 6.35. The van der Waals surface area contributed by atoms with Gasteiger partial charge in [0.15, 0.2) is 10.2 Å². The molecule has 0 atom stereocenters. The third-order valence-corrected chi connectivity index (χ3v) is 2.87. The van der Waals surface area contributed by atoms with Crippen LogP contribution >= 0.6 is 24.4 Å². The van der Waals surface area contributed by atoms with Gasteiger partial charge in [-0.25, -0.2) is 0 Å². The highest BCUT2D eigenvalue weighted by molar-refractivity contribution is 7.80. The second-order valence-electron chi connectivity index (χ2n) is 4.01. The van der Waals surface area contributed by atoms with Crippen LogP contribution in [-0.4, -0.2) is 16.8 Å². The van der Waals surface area contributed by atoms with E-state index in [2.05, 4.69) is 47.5 Å². The van der Waals surface area contributed by atoms with Crippen LogP contribution in [0.2, 0.25) is 0 Å². The molecule has 0 aliphatic heterocycles. The smallest absolute Gasteiger partial charge is 0.189 e. The molecule has 4 nitrogen and oxygen atoms in total. The maximum atomic E-state index is 5.17. The van der Waals surface area contributed by atoms with Gasteiger partial charge in [0.2, 0.25) is 0 Å². The quantitative estimate of drug-likeness (QED) is 0.505. The van der Waals surface area contributed by atoms with Gasteiger partial charge >= 0.3 is 0 Å². The van der Waals surface area contributed by atoms with E-state index in [9.17, 15) is 0 Å². The van der Waals surface area contributed by atoms with E-state index in [0.29, 0.717) is 10.2 Å². The minimum atomic E-state index is 0.480. The Morgan fingerprint density at radius 3 is 2.53 bits per heavy atom. The van der Waals surface area contributed by atoms with Crippen molar-refractivity contribution in [3.05, 3.63) is 29.8 Å². The van der Waals surface area contributed by atoms with Crippen molar-refractivity contribution >= 4 is 40.3 Å². The monoisotopic (exact) mass is 296 g/mol. The van der Waals surface area contributed by atoms with Gasteiger partial charge in [0.05, 0.1) is 0 Å². The lowest BCUT2D eigenvalue weighted by molar-refractivity contribution is 0.784. The second-order valence-corrected chi connectivity index (χ2v) is 4.83. The van der Waals surface area contributed by atoms with Gasteiger partial charge in [-0.05, 0) is 55.0 Å². The van der Waals surface area contributed by atoms with E-state index in [1.165, 1.54) is 5.56 Å². The van der Waals surface area contributed by atoms with Crippen LogP contribution in [0.25, 0.3) is 0 Å². The molecule has 0 aliphatic rings. The Hall–Kier alpha value is -1.40. The summed E-state index contributed by atoms with van der Waals surface area (Å²) in [5.74, 6) is 0. The number of hydrogen-bond donors (Lipinski definition) is 4. The SMILES string of the molecule is CCCNC(=S)NNC(=S)Nc1cccc(CC)c1. The van der Waals surface area contributed by atoms with Crippen molar-refractivity contribution in [1.29, 1.82) is 0 Å². The number of anilines is 1. The Morgan fingerprint density at radius 2 is 1.84 bits per heavy atom. The summed E-state index contributed by atoms with van der Waals surface area (Å²) in [6, 6.07) is 8.14. The van der Waals surface area contributed by atoms with Crippen LogP contribution in [0.3, 0.4) is 0 Å². The number of rotatable bonds is 4. The third kappa shape index (κ3) is 6.35. The van der Waals surface area contributed by atoms with Gasteiger partial charge < -0.3 is 10.6 Å². The van der Waals surface area contributed by atoms with E-state index < -0.39 is 0 Å². The lowest BCUT2D eigenvalue weighted by Crippen LogP contribution is -2.48. The van der Waals surface area contributed by atoms with Gasteiger partial charge in [-0.15, -0.1) is 0 Å². The van der Waals surface area contributed by atoms with Crippen LogP contribution in [0.15, 0.2) is 24.3 Å². The molecule has 0 fully saturated rings. The van der Waals surface area contributed by atoms with Gasteiger partial charge in [-0.2, -0.15) is 0 Å². The molecule has 0 aromatic heterocycles. The molecule has 104 valence electrons. The van der Waals surface area contributed by atoms with E-state index >= 15 is 0 Å². The third-order valence-electron chi connectivity index (χ3n) is 2.42. The van der Waals surface area contributed by atoms with Gasteiger partial charge in [0, 0.05) is 12.2 Å². The first-order valence-corrected chi connectivity index (χ1v) is 7.17. The Balaban J connectivity index is 2.36. The number of benzene rings is 1. The molecule has 1 rings (SSSR count). The van der Waals surface area contributed by atoms with Crippen LogP contribution < -0.4 is 21.5 Å². The average Bonchev–Trinajstić information content (AvgIpc) is 2.43. The topological polar surface area (TPSA) is 48.1 Å². The van der Waals surface area contributed by atoms with Crippen LogP contribution in [0, 0.1) is 0 Å². The summed E-state index contributed by atoms with van der Waals surface area (Å²) in [7, 11) is 0. The molecule has 1 aromatic carbocycles. The molecule has 0 saturated heterocycles. The van der Waals surface area contributed by atoms with Crippen molar-refractivity contribution < 1.29 is 0 Å². The number of hydrogen-bond acceptors (Lipinski definition) is 2. The molecule has 0 amide bonds. The maximum Gasteiger partial charge on any atom is 0.189 e. The summed E-state index contributed by atoms with van der Waals surface area (Å²) < 4.78 is 0. The van der Waals surface area contributed by atoms with Crippen LogP contribution in [0.1, 0.15) is 25.8 Å². The fourth-order valence-electron chi connectivity index (χ4n) is 1.43. The van der Waals surface area contributed by atoms with Crippen LogP contribution in [0.4, 0.5) is 5.69 Å². The summed E-state index contributed by atoms with van der Waals surface area (Å²) in [6.45, 7) is 5.04. The van der Waals surface area contributed by atoms with Gasteiger partial charge in [-0.3, -0.25) is 10.9 Å². The van der Waals surface area contributed by atoms with E-state index in [1.807, 2.05) is 12.1 Å². The van der Waals surface area contributed by atoms with Crippen LogP contribution in [0.5, 0.6) is 0 Å². The predicted molar refractivity (Wildman–Crippen MR) is 89.2 cm³/mol. The second kappa shape index (κ2) is 8.66. The maximum absolute atomic E-state index is 5.17. The van der Waals surface area contributed by atoms with Crippen molar-refractivity contribution in [2.45, 2.75) is 26.7 Å². The molecule has 6 heteroatoms. The molecule has 0 heterocycles. The lowest BCUT2D eigenvalue weighted by Gasteiger charge is -2.14. The van der Waals surface area contributed by atoms with E-state index in [0.717, 1.165) is 25.1 Å². The van der Waals surface area contributed by atoms with E-state index in [-0.39, 0.29) is 0 Å². The molecular weight excluding hydrogens is 276 g/mol. The normalized spacial score (nSPS) is 9.58. The number of nitrogens with one attached hydrogen (secondary N) is 4. The lowest BCUT2D eigenvalue weighted by atomic mass is 10.1. The molecule has 0 bridgehead atoms. The fraction of sp³-hybridized carbons (Fsp3) is 0.385. The highest BCUT2D eigenvalue weighted by atomic mass is 32.1. The summed E-state index contributed by atoms with van der Waals surface area (Å²) in [6.07, 6.45) is 2.02. The van der Waals surface area contributed by atoms with E-state index in [4.69, 9.17) is 24.4 Å². The molecule has 0 unspecified atom stereocenters. The van der Waals surface area contributed by atoms with Crippen LogP contribution in [-0.2, 0) is 6.42 Å². The average molecular weight is 296 g/mol. The molecule has 1 aromatic rings. The van der Waals surface area contributed by atoms with Crippen molar-refractivity contribution in [2.24, 2.45) is 0 Å². The first kappa shape index (κ1) is 15.7. The largest absolute Gasteiger partial charge is 0.361 e. The fourth-order valence-corrected chi connectivity index (χ4v) is 1.75. The summed E-state index contributed by atoms with van der Waals surface area (Å²) in [4.78, 5) is 0. The highest BCUT2D eigenvalue weighted by Crippen LogP contribution is 2.10. The van der Waals surface area contributed by atoms with Gasteiger partial charge in [0.1, 0.15) is 0 Å². The Morgan fingerprint density at radius 1 is 1.11 bits per heavy atom. The molecule has 4 N–H and O–H groups in total. The predicted octanol–water partition coefficient (Wildman–Crippen LogP) is 2.32. The van der Waals surface area contributed by atoms with Crippen molar-refractivity contribution in [1.82, 2.24) is 16.2 Å². The Bertz CT molecular complexity index is 434. The number of aryl methyl sites for hydroxylation is 1. The molecule has 0 aliphatic carbocycles. The van der Waals surface area contributed by atoms with Crippen molar-refractivity contribution in [3.63, 3.8) is 0 Å². The summed E-state index contributed by atoms with van der Waals surface area (Å²) in [5, 5.41) is 7.15. The first-order chi connectivity index (χ1) is 9.15. The van der Waals surface area contributed by atoms with Gasteiger partial charge in [0.25, 0.3) is 0 Å². The highest BCUT2D eigenvalue weighted by Gasteiger charge is 1.99. The summed E-state index contributed by atoms with van der Waals surface area (Å²) >= 11 is 10.2. The molecule has 19 heavy (non-hydrogen) atoms. The van der Waals surface area contributed by atoms with Crippen molar-refractivity contribution in [2.75, 3.05) is 11.9 Å². The molecule has 0 saturated carbocycles. The molecular formula is C13H20N4S2. The molecule has 0 spiro atoms.